The van der Waals surface area contributed by atoms with E-state index < -0.39 is 0 Å². The lowest BCUT2D eigenvalue weighted by molar-refractivity contribution is -0.142. The standard InChI is InChI=1S/C14H16O6/c1-17-11-4-7(3-10(15)13(11)18-2)12-8-5-20-14(16)9(8)6-19-12/h3-4,8-9,12,15H,5-6H2,1-2H3/t8-,9-,12?/m0/s1. The zero-order valence-corrected chi connectivity index (χ0v) is 11.3. The van der Waals surface area contributed by atoms with Crippen LogP contribution in [0.2, 0.25) is 0 Å². The number of phenolic OH excluding ortho intramolecular Hbond substituents is 1. The number of fused-ring (bicyclic) bond motifs is 1. The van der Waals surface area contributed by atoms with Crippen molar-refractivity contribution < 1.29 is 28.8 Å². The fourth-order valence-electron chi connectivity index (χ4n) is 2.87. The predicted octanol–water partition coefficient (Wildman–Crippen LogP) is 1.27. The summed E-state index contributed by atoms with van der Waals surface area (Å²) < 4.78 is 21.1. The Labute approximate surface area is 116 Å². The number of benzene rings is 1. The van der Waals surface area contributed by atoms with Crippen molar-refractivity contribution in [1.29, 1.82) is 0 Å². The fourth-order valence-corrected chi connectivity index (χ4v) is 2.87. The maximum absolute atomic E-state index is 11.5. The highest BCUT2D eigenvalue weighted by molar-refractivity contribution is 5.75. The lowest BCUT2D eigenvalue weighted by atomic mass is 9.90. The lowest BCUT2D eigenvalue weighted by Crippen LogP contribution is -2.14. The van der Waals surface area contributed by atoms with Crippen LogP contribution in [0.15, 0.2) is 12.1 Å². The normalized spacial score (nSPS) is 28.1. The first-order valence-electron chi connectivity index (χ1n) is 6.38. The van der Waals surface area contributed by atoms with Crippen LogP contribution >= 0.6 is 0 Å². The summed E-state index contributed by atoms with van der Waals surface area (Å²) in [4.78, 5) is 11.5. The Morgan fingerprint density at radius 1 is 1.25 bits per heavy atom. The van der Waals surface area contributed by atoms with Gasteiger partial charge in [-0.05, 0) is 17.7 Å². The number of hydrogen-bond acceptors (Lipinski definition) is 6. The molecule has 1 aromatic carbocycles. The van der Waals surface area contributed by atoms with Gasteiger partial charge in [-0.2, -0.15) is 0 Å². The molecule has 0 saturated carbocycles. The third-order valence-electron chi connectivity index (χ3n) is 3.89. The van der Waals surface area contributed by atoms with E-state index in [2.05, 4.69) is 0 Å². The van der Waals surface area contributed by atoms with Gasteiger partial charge in [-0.15, -0.1) is 0 Å². The van der Waals surface area contributed by atoms with Crippen LogP contribution in [0.4, 0.5) is 0 Å². The molecule has 2 fully saturated rings. The number of rotatable bonds is 3. The van der Waals surface area contributed by atoms with Crippen LogP contribution in [0.25, 0.3) is 0 Å². The highest BCUT2D eigenvalue weighted by Crippen LogP contribution is 2.46. The number of carbonyl (C=O) groups excluding carboxylic acids is 1. The Kier molecular flexibility index (Phi) is 3.17. The molecule has 2 saturated heterocycles. The van der Waals surface area contributed by atoms with Gasteiger partial charge in [-0.25, -0.2) is 0 Å². The number of hydrogen-bond donors (Lipinski definition) is 1. The van der Waals surface area contributed by atoms with Gasteiger partial charge in [0.15, 0.2) is 11.5 Å². The van der Waals surface area contributed by atoms with E-state index in [1.165, 1.54) is 14.2 Å². The molecule has 0 amide bonds. The second-order valence-corrected chi connectivity index (χ2v) is 4.93. The summed E-state index contributed by atoms with van der Waals surface area (Å²) in [5.74, 6) is 0.265. The number of aromatic hydroxyl groups is 1. The van der Waals surface area contributed by atoms with E-state index in [1.807, 2.05) is 0 Å². The largest absolute Gasteiger partial charge is 0.504 e. The molecular formula is C14H16O6. The average Bonchev–Trinajstić information content (AvgIpc) is 3.01. The Morgan fingerprint density at radius 2 is 2.05 bits per heavy atom. The summed E-state index contributed by atoms with van der Waals surface area (Å²) in [6, 6.07) is 3.34. The van der Waals surface area contributed by atoms with E-state index >= 15 is 0 Å². The molecule has 3 rings (SSSR count). The van der Waals surface area contributed by atoms with E-state index in [0.29, 0.717) is 19.0 Å². The average molecular weight is 280 g/mol. The van der Waals surface area contributed by atoms with Gasteiger partial charge in [-0.1, -0.05) is 0 Å². The van der Waals surface area contributed by atoms with Gasteiger partial charge in [0.05, 0.1) is 39.5 Å². The summed E-state index contributed by atoms with van der Waals surface area (Å²) in [7, 11) is 2.96. The zero-order valence-electron chi connectivity index (χ0n) is 11.3. The second kappa shape index (κ2) is 4.86. The van der Waals surface area contributed by atoms with Gasteiger partial charge < -0.3 is 24.1 Å². The summed E-state index contributed by atoms with van der Waals surface area (Å²) in [5, 5.41) is 10.00. The SMILES string of the molecule is COc1cc(C2OC[C@@H]3C(=O)OC[C@H]23)cc(O)c1OC. The van der Waals surface area contributed by atoms with Crippen LogP contribution in [-0.2, 0) is 14.3 Å². The third kappa shape index (κ3) is 1.87. The van der Waals surface area contributed by atoms with Crippen LogP contribution in [0.5, 0.6) is 17.2 Å². The van der Waals surface area contributed by atoms with Crippen LogP contribution in [-0.4, -0.2) is 38.5 Å². The predicted molar refractivity (Wildman–Crippen MR) is 67.8 cm³/mol. The number of phenols is 1. The van der Waals surface area contributed by atoms with Gasteiger partial charge in [0.2, 0.25) is 5.75 Å². The van der Waals surface area contributed by atoms with Crippen molar-refractivity contribution in [3.8, 4) is 17.2 Å². The smallest absolute Gasteiger partial charge is 0.311 e. The molecule has 0 aliphatic carbocycles. The zero-order chi connectivity index (χ0) is 14.3. The third-order valence-corrected chi connectivity index (χ3v) is 3.89. The Balaban J connectivity index is 1.95. The first-order chi connectivity index (χ1) is 9.65. The van der Waals surface area contributed by atoms with Gasteiger partial charge in [0.1, 0.15) is 0 Å². The number of ether oxygens (including phenoxy) is 4. The van der Waals surface area contributed by atoms with Crippen molar-refractivity contribution in [1.82, 2.24) is 0 Å². The van der Waals surface area contributed by atoms with Gasteiger partial charge in [-0.3, -0.25) is 4.79 Å². The first-order valence-corrected chi connectivity index (χ1v) is 6.38. The summed E-state index contributed by atoms with van der Waals surface area (Å²) in [5.41, 5.74) is 0.756. The van der Waals surface area contributed by atoms with Gasteiger partial charge >= 0.3 is 5.97 Å². The summed E-state index contributed by atoms with van der Waals surface area (Å²) in [6.07, 6.45) is -0.280. The van der Waals surface area contributed by atoms with Crippen molar-refractivity contribution in [2.45, 2.75) is 6.10 Å². The molecule has 2 heterocycles. The van der Waals surface area contributed by atoms with E-state index in [4.69, 9.17) is 18.9 Å². The molecule has 20 heavy (non-hydrogen) atoms. The van der Waals surface area contributed by atoms with Crippen LogP contribution < -0.4 is 9.47 Å². The van der Waals surface area contributed by atoms with Crippen molar-refractivity contribution in [2.24, 2.45) is 11.8 Å². The molecular weight excluding hydrogens is 264 g/mol. The Hall–Kier alpha value is -1.95. The lowest BCUT2D eigenvalue weighted by Gasteiger charge is -2.18. The molecule has 1 aromatic rings. The number of methoxy groups -OCH3 is 2. The quantitative estimate of drug-likeness (QED) is 0.840. The molecule has 6 nitrogen and oxygen atoms in total. The molecule has 2 aliphatic heterocycles. The number of esters is 1. The molecule has 6 heteroatoms. The Morgan fingerprint density at radius 3 is 2.75 bits per heavy atom. The topological polar surface area (TPSA) is 74.2 Å². The van der Waals surface area contributed by atoms with Crippen molar-refractivity contribution >= 4 is 5.97 Å². The van der Waals surface area contributed by atoms with Crippen molar-refractivity contribution in [3.05, 3.63) is 17.7 Å². The van der Waals surface area contributed by atoms with Crippen LogP contribution in [0.1, 0.15) is 11.7 Å². The minimum Gasteiger partial charge on any atom is -0.504 e. The first kappa shape index (κ1) is 13.1. The molecule has 2 aliphatic rings. The van der Waals surface area contributed by atoms with E-state index in [0.717, 1.165) is 5.56 Å². The fraction of sp³-hybridized carbons (Fsp3) is 0.500. The minimum atomic E-state index is -0.280. The van der Waals surface area contributed by atoms with Crippen molar-refractivity contribution in [2.75, 3.05) is 27.4 Å². The van der Waals surface area contributed by atoms with Crippen LogP contribution in [0, 0.1) is 11.8 Å². The molecule has 1 unspecified atom stereocenters. The molecule has 108 valence electrons. The molecule has 1 N–H and O–H groups in total. The number of cyclic esters (lactones) is 1. The molecule has 0 radical (unpaired) electrons. The Bertz CT molecular complexity index is 541. The van der Waals surface area contributed by atoms with Gasteiger partial charge in [0, 0.05) is 5.92 Å². The summed E-state index contributed by atoms with van der Waals surface area (Å²) >= 11 is 0. The number of carbonyl (C=O) groups is 1. The van der Waals surface area contributed by atoms with Crippen molar-refractivity contribution in [3.63, 3.8) is 0 Å². The molecule has 3 atom stereocenters. The van der Waals surface area contributed by atoms with Gasteiger partial charge in [0.25, 0.3) is 0 Å². The molecule has 0 bridgehead atoms. The highest BCUT2D eigenvalue weighted by atomic mass is 16.6. The summed E-state index contributed by atoms with van der Waals surface area (Å²) in [6.45, 7) is 0.701. The van der Waals surface area contributed by atoms with E-state index in [1.54, 1.807) is 12.1 Å². The highest BCUT2D eigenvalue weighted by Gasteiger charge is 2.48. The monoisotopic (exact) mass is 280 g/mol. The maximum Gasteiger partial charge on any atom is 0.311 e. The maximum atomic E-state index is 11.5. The van der Waals surface area contributed by atoms with Crippen LogP contribution in [0.3, 0.4) is 0 Å². The second-order valence-electron chi connectivity index (χ2n) is 4.93. The molecule has 0 aromatic heterocycles. The molecule has 0 spiro atoms. The van der Waals surface area contributed by atoms with E-state index in [-0.39, 0.29) is 35.4 Å². The van der Waals surface area contributed by atoms with E-state index in [9.17, 15) is 9.90 Å². The minimum absolute atomic E-state index is 0.0139.